The zero-order valence-electron chi connectivity index (χ0n) is 29.1. The molecule has 12 heteroatoms. The molecule has 0 saturated carbocycles. The molecular formula is C37H46N4O7S. The minimum atomic E-state index is -0.591. The van der Waals surface area contributed by atoms with Gasteiger partial charge >= 0.3 is 0 Å². The average molecular weight is 691 g/mol. The number of nitrogens with zero attached hydrogens (tertiary/aromatic N) is 2. The van der Waals surface area contributed by atoms with Gasteiger partial charge in [0, 0.05) is 44.4 Å². The Bertz CT molecular complexity index is 1710. The number of amides is 2. The molecule has 11 nitrogen and oxygen atoms in total. The summed E-state index contributed by atoms with van der Waals surface area (Å²) in [6.07, 6.45) is 3.72. The van der Waals surface area contributed by atoms with Crippen LogP contribution in [0.5, 0.6) is 23.0 Å². The van der Waals surface area contributed by atoms with Gasteiger partial charge in [-0.05, 0) is 90.4 Å². The summed E-state index contributed by atoms with van der Waals surface area (Å²) in [5, 5.41) is 6.38. The molecule has 3 aromatic carbocycles. The fourth-order valence-electron chi connectivity index (χ4n) is 6.71. The summed E-state index contributed by atoms with van der Waals surface area (Å²) in [4.78, 5) is 44.5. The summed E-state index contributed by atoms with van der Waals surface area (Å²) >= 11 is 1.66. The van der Waals surface area contributed by atoms with Crippen LogP contribution in [0.25, 0.3) is 11.1 Å². The van der Waals surface area contributed by atoms with E-state index in [0.29, 0.717) is 73.9 Å². The first kappa shape index (κ1) is 35.7. The molecule has 262 valence electrons. The predicted molar refractivity (Wildman–Crippen MR) is 195 cm³/mol. The smallest absolute Gasteiger partial charge is 0.245 e. The largest absolute Gasteiger partial charge is 0.497 e. The van der Waals surface area contributed by atoms with Gasteiger partial charge in [-0.1, -0.05) is 6.07 Å². The molecule has 0 spiro atoms. The number of carbonyl (C=O) groups excluding carboxylic acids is 2. The molecule has 2 amide bonds. The van der Waals surface area contributed by atoms with Crippen molar-refractivity contribution in [3.8, 4) is 34.1 Å². The highest BCUT2D eigenvalue weighted by Gasteiger charge is 2.31. The van der Waals surface area contributed by atoms with Crippen molar-refractivity contribution < 1.29 is 28.5 Å². The Morgan fingerprint density at radius 1 is 0.918 bits per heavy atom. The van der Waals surface area contributed by atoms with Crippen LogP contribution in [0.2, 0.25) is 0 Å². The van der Waals surface area contributed by atoms with Crippen molar-refractivity contribution >= 4 is 35.0 Å². The van der Waals surface area contributed by atoms with E-state index >= 15 is 0 Å². The Balaban J connectivity index is 1.48. The Hall–Kier alpha value is -4.58. The van der Waals surface area contributed by atoms with Crippen LogP contribution in [0.15, 0.2) is 53.3 Å². The number of piperazine rings is 1. The number of rotatable bonds is 12. The maximum atomic E-state index is 14.0. The minimum absolute atomic E-state index is 0.0316. The number of aryl methyl sites for hydroxylation is 1. The molecular weight excluding hydrogens is 644 g/mol. The second kappa shape index (κ2) is 16.2. The number of fused-ring (bicyclic) bond motifs is 3. The van der Waals surface area contributed by atoms with Crippen molar-refractivity contribution in [1.29, 1.82) is 0 Å². The zero-order chi connectivity index (χ0) is 35.1. The van der Waals surface area contributed by atoms with E-state index in [2.05, 4.69) is 15.5 Å². The van der Waals surface area contributed by atoms with Gasteiger partial charge in [0.1, 0.15) is 11.8 Å². The Morgan fingerprint density at radius 2 is 1.63 bits per heavy atom. The number of carbonyl (C=O) groups is 2. The molecule has 3 aromatic rings. The van der Waals surface area contributed by atoms with Crippen LogP contribution in [0.4, 0.5) is 11.4 Å². The first-order valence-electron chi connectivity index (χ1n) is 16.4. The molecule has 1 aliphatic carbocycles. The van der Waals surface area contributed by atoms with Gasteiger partial charge in [-0.3, -0.25) is 14.4 Å². The van der Waals surface area contributed by atoms with Crippen LogP contribution in [-0.2, 0) is 16.0 Å². The van der Waals surface area contributed by atoms with E-state index in [1.54, 1.807) is 52.3 Å². The van der Waals surface area contributed by atoms with Gasteiger partial charge in [0.15, 0.2) is 11.5 Å². The van der Waals surface area contributed by atoms with Gasteiger partial charge in [0.25, 0.3) is 0 Å². The van der Waals surface area contributed by atoms with Gasteiger partial charge in [-0.2, -0.15) is 11.8 Å². The summed E-state index contributed by atoms with van der Waals surface area (Å²) in [6.45, 7) is 4.02. The van der Waals surface area contributed by atoms with E-state index in [1.165, 1.54) is 6.92 Å². The molecule has 1 heterocycles. The van der Waals surface area contributed by atoms with Crippen molar-refractivity contribution in [2.45, 2.75) is 38.3 Å². The van der Waals surface area contributed by atoms with Crippen LogP contribution in [-0.4, -0.2) is 89.4 Å². The lowest BCUT2D eigenvalue weighted by Crippen LogP contribution is -2.53. The number of nitrogens with one attached hydrogen (secondary N) is 2. The van der Waals surface area contributed by atoms with Crippen LogP contribution in [0.3, 0.4) is 0 Å². The van der Waals surface area contributed by atoms with Gasteiger partial charge in [0.05, 0.1) is 40.2 Å². The molecule has 0 unspecified atom stereocenters. The van der Waals surface area contributed by atoms with Crippen LogP contribution < -0.4 is 39.9 Å². The fraction of sp³-hybridized carbons (Fsp3) is 0.432. The Kier molecular flexibility index (Phi) is 11.8. The lowest BCUT2D eigenvalue weighted by atomic mass is 9.95. The standard InChI is InChI=1S/C37H46N4O7S/c1-23(42)38-29-13-7-24-21-33(46-3)35(47-4)36(48-5)34(24)27-12-14-30(32(43)22-28(27)29)39-31(15-20-49-6)37(44)41-18-16-40(17-19-41)25-8-10-26(45-2)11-9-25/h8-12,14,21-22,29,31H,7,13,15-20H2,1-6H3,(H,38,42)(H,39,43)/t29-,31-/m1/s1. The quantitative estimate of drug-likeness (QED) is 0.276. The third-order valence-corrected chi connectivity index (χ3v) is 9.83. The highest BCUT2D eigenvalue weighted by Crippen LogP contribution is 2.50. The zero-order valence-corrected chi connectivity index (χ0v) is 29.9. The number of hydrogen-bond acceptors (Lipinski definition) is 10. The maximum Gasteiger partial charge on any atom is 0.245 e. The van der Waals surface area contributed by atoms with E-state index in [0.717, 1.165) is 33.9 Å². The van der Waals surface area contributed by atoms with Crippen molar-refractivity contribution in [2.75, 3.05) is 76.8 Å². The van der Waals surface area contributed by atoms with Gasteiger partial charge in [0.2, 0.25) is 23.0 Å². The van der Waals surface area contributed by atoms with E-state index < -0.39 is 12.1 Å². The average Bonchev–Trinajstić information content (AvgIpc) is 3.36. The molecule has 2 N–H and O–H groups in total. The molecule has 0 aromatic heterocycles. The molecule has 1 saturated heterocycles. The number of anilines is 2. The van der Waals surface area contributed by atoms with Crippen molar-refractivity contribution in [2.24, 2.45) is 0 Å². The number of hydrogen-bond donors (Lipinski definition) is 2. The van der Waals surface area contributed by atoms with Crippen LogP contribution in [0.1, 0.15) is 36.9 Å². The van der Waals surface area contributed by atoms with E-state index in [-0.39, 0.29) is 17.2 Å². The van der Waals surface area contributed by atoms with Gasteiger partial charge in [-0.15, -0.1) is 0 Å². The Labute approximate surface area is 292 Å². The lowest BCUT2D eigenvalue weighted by molar-refractivity contribution is -0.132. The highest BCUT2D eigenvalue weighted by molar-refractivity contribution is 7.98. The van der Waals surface area contributed by atoms with Gasteiger partial charge in [-0.25, -0.2) is 0 Å². The monoisotopic (exact) mass is 690 g/mol. The molecule has 1 aliphatic heterocycles. The van der Waals surface area contributed by atoms with Gasteiger partial charge < -0.3 is 39.4 Å². The Morgan fingerprint density at radius 3 is 2.24 bits per heavy atom. The van der Waals surface area contributed by atoms with E-state index in [9.17, 15) is 14.4 Å². The summed E-state index contributed by atoms with van der Waals surface area (Å²) in [7, 11) is 6.35. The molecule has 2 aliphatic rings. The summed E-state index contributed by atoms with van der Waals surface area (Å²) in [6, 6.07) is 14.0. The summed E-state index contributed by atoms with van der Waals surface area (Å²) < 4.78 is 22.5. The fourth-order valence-corrected chi connectivity index (χ4v) is 7.18. The summed E-state index contributed by atoms with van der Waals surface area (Å²) in [5.74, 6) is 2.77. The number of ether oxygens (including phenoxy) is 4. The van der Waals surface area contributed by atoms with Crippen LogP contribution in [0, 0.1) is 0 Å². The van der Waals surface area contributed by atoms with Crippen molar-refractivity contribution in [3.63, 3.8) is 0 Å². The van der Waals surface area contributed by atoms with Crippen molar-refractivity contribution in [1.82, 2.24) is 10.2 Å². The number of thioether (sulfide) groups is 1. The third-order valence-electron chi connectivity index (χ3n) is 9.18. The van der Waals surface area contributed by atoms with E-state index in [1.807, 2.05) is 47.6 Å². The molecule has 2 atom stereocenters. The topological polar surface area (TPSA) is 119 Å². The molecule has 5 rings (SSSR count). The molecule has 0 bridgehead atoms. The SMILES string of the molecule is COc1ccc(N2CCN(C(=O)[C@@H](CCSC)Nc3ccc4c(cc3=O)[C@H](NC(C)=O)CCc3cc(OC)c(OC)c(OC)c3-4)CC2)cc1. The number of benzene rings is 2. The second-order valence-electron chi connectivity index (χ2n) is 12.1. The first-order valence-corrected chi connectivity index (χ1v) is 17.8. The predicted octanol–water partition coefficient (Wildman–Crippen LogP) is 4.75. The molecule has 0 radical (unpaired) electrons. The van der Waals surface area contributed by atoms with E-state index in [4.69, 9.17) is 18.9 Å². The summed E-state index contributed by atoms with van der Waals surface area (Å²) in [5.41, 5.74) is 4.24. The molecule has 1 fully saturated rings. The lowest BCUT2D eigenvalue weighted by Gasteiger charge is -2.37. The van der Waals surface area contributed by atoms with Crippen LogP contribution >= 0.6 is 11.8 Å². The maximum absolute atomic E-state index is 14.0. The number of methoxy groups -OCH3 is 4. The third kappa shape index (κ3) is 7.85. The second-order valence-corrected chi connectivity index (χ2v) is 13.1. The minimum Gasteiger partial charge on any atom is -0.497 e. The normalized spacial score (nSPS) is 16.0. The van der Waals surface area contributed by atoms with Crippen molar-refractivity contribution in [3.05, 3.63) is 69.9 Å². The highest BCUT2D eigenvalue weighted by atomic mass is 32.2. The first-order chi connectivity index (χ1) is 23.7. The molecule has 49 heavy (non-hydrogen) atoms.